The van der Waals surface area contributed by atoms with Crippen LogP contribution in [0.15, 0.2) is 22.7 Å². The summed E-state index contributed by atoms with van der Waals surface area (Å²) >= 11 is 3.43. The molecule has 1 nitrogen and oxygen atoms in total. The predicted octanol–water partition coefficient (Wildman–Crippen LogP) is 3.22. The number of benzene rings is 1. The topological polar surface area (TPSA) is 12.0 Å². The number of hydrogen-bond donors (Lipinski definition) is 1. The van der Waals surface area contributed by atoms with Crippen molar-refractivity contribution in [3.05, 3.63) is 28.2 Å². The highest BCUT2D eigenvalue weighted by Gasteiger charge is 1.94. The van der Waals surface area contributed by atoms with E-state index in [0.29, 0.717) is 0 Å². The molecule has 3 heteroatoms. The van der Waals surface area contributed by atoms with Gasteiger partial charge in [0.25, 0.3) is 0 Å². The van der Waals surface area contributed by atoms with Gasteiger partial charge in [-0.3, -0.25) is 0 Å². The summed E-state index contributed by atoms with van der Waals surface area (Å²) in [4.78, 5) is 0. The van der Waals surface area contributed by atoms with E-state index in [2.05, 4.69) is 40.3 Å². The van der Waals surface area contributed by atoms with Crippen molar-refractivity contribution in [3.63, 3.8) is 0 Å². The Bertz CT molecular complexity index is 238. The Morgan fingerprint density at radius 2 is 2.00 bits per heavy atom. The molecule has 0 fully saturated rings. The van der Waals surface area contributed by atoms with Crippen molar-refractivity contribution in [3.8, 4) is 0 Å². The molecule has 1 rings (SSSR count). The van der Waals surface area contributed by atoms with Crippen LogP contribution in [0.2, 0.25) is 0 Å². The van der Waals surface area contributed by atoms with E-state index in [1.165, 1.54) is 5.56 Å². The first-order valence-corrected chi connectivity index (χ1v) is 3.97. The van der Waals surface area contributed by atoms with Gasteiger partial charge >= 0.3 is 0 Å². The highest BCUT2D eigenvalue weighted by atomic mass is 79.9. The number of hydrogen-bond acceptors (Lipinski definition) is 1. The molecule has 0 saturated heterocycles. The molecule has 0 spiro atoms. The van der Waals surface area contributed by atoms with E-state index >= 15 is 0 Å². The van der Waals surface area contributed by atoms with Crippen LogP contribution < -0.4 is 5.32 Å². The van der Waals surface area contributed by atoms with Gasteiger partial charge < -0.3 is 5.32 Å². The Kier molecular flexibility index (Phi) is 4.54. The van der Waals surface area contributed by atoms with Crippen LogP contribution in [0, 0.1) is 6.92 Å². The van der Waals surface area contributed by atoms with Crippen molar-refractivity contribution in [2.75, 3.05) is 12.4 Å². The molecule has 0 radical (unpaired) electrons. The highest BCUT2D eigenvalue weighted by Crippen LogP contribution is 2.22. The minimum absolute atomic E-state index is 0. The van der Waals surface area contributed by atoms with E-state index in [9.17, 15) is 0 Å². The van der Waals surface area contributed by atoms with Crippen LogP contribution >= 0.6 is 28.3 Å². The van der Waals surface area contributed by atoms with E-state index < -0.39 is 0 Å². The molecule has 0 heterocycles. The Morgan fingerprint density at radius 1 is 1.36 bits per heavy atom. The van der Waals surface area contributed by atoms with Gasteiger partial charge in [0, 0.05) is 17.2 Å². The zero-order valence-electron chi connectivity index (χ0n) is 6.52. The summed E-state index contributed by atoms with van der Waals surface area (Å²) in [5.41, 5.74) is 2.41. The van der Waals surface area contributed by atoms with Crippen LogP contribution in [-0.2, 0) is 0 Å². The summed E-state index contributed by atoms with van der Waals surface area (Å²) in [6.07, 6.45) is 0. The highest BCUT2D eigenvalue weighted by molar-refractivity contribution is 9.10. The first-order chi connectivity index (χ1) is 4.74. The van der Waals surface area contributed by atoms with Crippen molar-refractivity contribution in [1.29, 1.82) is 0 Å². The number of halogens is 2. The van der Waals surface area contributed by atoms with Crippen molar-refractivity contribution >= 4 is 34.0 Å². The molecular weight excluding hydrogens is 225 g/mol. The zero-order chi connectivity index (χ0) is 7.56. The van der Waals surface area contributed by atoms with E-state index in [1.807, 2.05) is 13.1 Å². The fraction of sp³-hybridized carbons (Fsp3) is 0.250. The molecule has 0 atom stereocenters. The monoisotopic (exact) mass is 235 g/mol. The minimum atomic E-state index is 0. The second-order valence-electron chi connectivity index (χ2n) is 2.23. The Balaban J connectivity index is 0.000001000. The quantitative estimate of drug-likeness (QED) is 0.789. The Morgan fingerprint density at radius 3 is 2.45 bits per heavy atom. The number of nitrogens with one attached hydrogen (secondary N) is 1. The third-order valence-corrected chi connectivity index (χ3v) is 2.08. The summed E-state index contributed by atoms with van der Waals surface area (Å²) < 4.78 is 1.11. The van der Waals surface area contributed by atoms with Crippen LogP contribution in [0.1, 0.15) is 5.56 Å². The second kappa shape index (κ2) is 4.62. The summed E-state index contributed by atoms with van der Waals surface area (Å²) in [5.74, 6) is 0. The summed E-state index contributed by atoms with van der Waals surface area (Å²) in [6.45, 7) is 2.08. The van der Waals surface area contributed by atoms with Crippen LogP contribution in [-0.4, -0.2) is 7.05 Å². The zero-order valence-corrected chi connectivity index (χ0v) is 8.92. The molecule has 0 aromatic heterocycles. The molecule has 0 saturated carbocycles. The van der Waals surface area contributed by atoms with Gasteiger partial charge in [-0.2, -0.15) is 0 Å². The third kappa shape index (κ3) is 2.72. The molecule has 0 amide bonds. The van der Waals surface area contributed by atoms with Gasteiger partial charge in [0.05, 0.1) is 0 Å². The molecule has 0 aliphatic rings. The smallest absolute Gasteiger partial charge is 0.0484 e. The molecule has 0 aliphatic carbocycles. The van der Waals surface area contributed by atoms with Crippen LogP contribution in [0.3, 0.4) is 0 Å². The number of rotatable bonds is 1. The van der Waals surface area contributed by atoms with E-state index in [0.717, 1.165) is 10.2 Å². The van der Waals surface area contributed by atoms with Crippen molar-refractivity contribution in [2.45, 2.75) is 6.92 Å². The van der Waals surface area contributed by atoms with Gasteiger partial charge in [-0.15, -0.1) is 12.4 Å². The van der Waals surface area contributed by atoms with Gasteiger partial charge in [-0.05, 0) is 40.5 Å². The SMILES string of the molecule is CNc1cc(C)ccc1Br.Cl. The van der Waals surface area contributed by atoms with Gasteiger partial charge in [-0.1, -0.05) is 6.07 Å². The number of anilines is 1. The molecule has 1 aromatic rings. The van der Waals surface area contributed by atoms with E-state index in [4.69, 9.17) is 0 Å². The Hall–Kier alpha value is -0.210. The predicted molar refractivity (Wildman–Crippen MR) is 55.7 cm³/mol. The van der Waals surface area contributed by atoms with Crippen molar-refractivity contribution in [1.82, 2.24) is 0 Å². The molecule has 1 N–H and O–H groups in total. The van der Waals surface area contributed by atoms with Gasteiger partial charge in [0.15, 0.2) is 0 Å². The first-order valence-electron chi connectivity index (χ1n) is 3.18. The average molecular weight is 237 g/mol. The summed E-state index contributed by atoms with van der Waals surface area (Å²) in [7, 11) is 1.92. The number of aryl methyl sites for hydroxylation is 1. The molecular formula is C8H11BrClN. The third-order valence-electron chi connectivity index (χ3n) is 1.39. The maximum atomic E-state index is 3.43. The maximum absolute atomic E-state index is 3.43. The molecule has 62 valence electrons. The largest absolute Gasteiger partial charge is 0.387 e. The average Bonchev–Trinajstić information content (AvgIpc) is 1.94. The molecule has 0 bridgehead atoms. The lowest BCUT2D eigenvalue weighted by molar-refractivity contribution is 1.41. The van der Waals surface area contributed by atoms with E-state index in [1.54, 1.807) is 0 Å². The summed E-state index contributed by atoms with van der Waals surface area (Å²) in [5, 5.41) is 3.09. The first kappa shape index (κ1) is 10.8. The molecule has 0 aliphatic heterocycles. The fourth-order valence-electron chi connectivity index (χ4n) is 0.831. The van der Waals surface area contributed by atoms with Crippen LogP contribution in [0.5, 0.6) is 0 Å². The lowest BCUT2D eigenvalue weighted by Crippen LogP contribution is -1.89. The normalized spacial score (nSPS) is 8.64. The van der Waals surface area contributed by atoms with Crippen LogP contribution in [0.4, 0.5) is 5.69 Å². The molecule has 11 heavy (non-hydrogen) atoms. The minimum Gasteiger partial charge on any atom is -0.387 e. The van der Waals surface area contributed by atoms with Gasteiger partial charge in [0.1, 0.15) is 0 Å². The van der Waals surface area contributed by atoms with Crippen molar-refractivity contribution < 1.29 is 0 Å². The van der Waals surface area contributed by atoms with Crippen LogP contribution in [0.25, 0.3) is 0 Å². The van der Waals surface area contributed by atoms with Gasteiger partial charge in [-0.25, -0.2) is 0 Å². The van der Waals surface area contributed by atoms with Gasteiger partial charge in [0.2, 0.25) is 0 Å². The standard InChI is InChI=1S/C8H10BrN.ClH/c1-6-3-4-7(9)8(5-6)10-2;/h3-5,10H,1-2H3;1H. The van der Waals surface area contributed by atoms with E-state index in [-0.39, 0.29) is 12.4 Å². The summed E-state index contributed by atoms with van der Waals surface area (Å²) in [6, 6.07) is 6.22. The molecule has 0 unspecified atom stereocenters. The lowest BCUT2D eigenvalue weighted by Gasteiger charge is -2.03. The second-order valence-corrected chi connectivity index (χ2v) is 3.09. The fourth-order valence-corrected chi connectivity index (χ4v) is 1.28. The lowest BCUT2D eigenvalue weighted by atomic mass is 10.2. The molecule has 1 aromatic carbocycles. The Labute approximate surface area is 81.7 Å². The van der Waals surface area contributed by atoms with Crippen molar-refractivity contribution in [2.24, 2.45) is 0 Å². The maximum Gasteiger partial charge on any atom is 0.0484 e.